The van der Waals surface area contributed by atoms with Crippen LogP contribution in [0.25, 0.3) is 0 Å². The zero-order valence-electron chi connectivity index (χ0n) is 11.2. The number of amides is 1. The molecule has 1 amide bonds. The average molecular weight is 269 g/mol. The highest BCUT2D eigenvalue weighted by Gasteiger charge is 2.22. The molecule has 0 saturated carbocycles. The predicted molar refractivity (Wildman–Crippen MR) is 75.7 cm³/mol. The van der Waals surface area contributed by atoms with E-state index in [1.54, 1.807) is 0 Å². The molecule has 0 saturated heterocycles. The summed E-state index contributed by atoms with van der Waals surface area (Å²) in [5.74, 6) is -0.159. The lowest BCUT2D eigenvalue weighted by molar-refractivity contribution is -0.124. The van der Waals surface area contributed by atoms with Gasteiger partial charge in [0.1, 0.15) is 0 Å². The van der Waals surface area contributed by atoms with E-state index in [1.807, 2.05) is 31.2 Å². The van der Waals surface area contributed by atoms with E-state index in [2.05, 4.69) is 19.2 Å². The standard InChI is InChI=1S/C14H21ClN2O/c1-10(8-16)13(18)17-9-14(2,3)11-5-4-6-12(15)7-11/h4-7,10H,8-9,16H2,1-3H3,(H,17,18). The molecule has 1 rings (SSSR count). The molecule has 0 aromatic heterocycles. The van der Waals surface area contributed by atoms with Crippen LogP contribution in [0.5, 0.6) is 0 Å². The van der Waals surface area contributed by atoms with Crippen LogP contribution in [-0.2, 0) is 10.2 Å². The molecule has 1 unspecified atom stereocenters. The van der Waals surface area contributed by atoms with E-state index in [4.69, 9.17) is 17.3 Å². The molecule has 0 fully saturated rings. The van der Waals surface area contributed by atoms with Gasteiger partial charge in [-0.2, -0.15) is 0 Å². The smallest absolute Gasteiger partial charge is 0.224 e. The topological polar surface area (TPSA) is 55.1 Å². The van der Waals surface area contributed by atoms with Gasteiger partial charge in [-0.05, 0) is 17.7 Å². The molecule has 0 heterocycles. The summed E-state index contributed by atoms with van der Waals surface area (Å²) < 4.78 is 0. The Bertz CT molecular complexity index is 418. The number of hydrogen-bond donors (Lipinski definition) is 2. The number of hydrogen-bond acceptors (Lipinski definition) is 2. The van der Waals surface area contributed by atoms with Gasteiger partial charge < -0.3 is 11.1 Å². The van der Waals surface area contributed by atoms with Crippen molar-refractivity contribution < 1.29 is 4.79 Å². The molecule has 4 heteroatoms. The van der Waals surface area contributed by atoms with Gasteiger partial charge >= 0.3 is 0 Å². The maximum atomic E-state index is 11.7. The van der Waals surface area contributed by atoms with Crippen LogP contribution in [0.4, 0.5) is 0 Å². The van der Waals surface area contributed by atoms with Crippen LogP contribution in [0.3, 0.4) is 0 Å². The molecule has 18 heavy (non-hydrogen) atoms. The molecule has 0 bridgehead atoms. The first-order valence-corrected chi connectivity index (χ1v) is 6.48. The summed E-state index contributed by atoms with van der Waals surface area (Å²) in [5, 5.41) is 3.64. The van der Waals surface area contributed by atoms with E-state index < -0.39 is 0 Å². The summed E-state index contributed by atoms with van der Waals surface area (Å²) in [7, 11) is 0. The molecule has 0 radical (unpaired) electrons. The third kappa shape index (κ3) is 4.00. The van der Waals surface area contributed by atoms with Crippen LogP contribution in [0.2, 0.25) is 5.02 Å². The maximum absolute atomic E-state index is 11.7. The summed E-state index contributed by atoms with van der Waals surface area (Å²) in [6.07, 6.45) is 0. The average Bonchev–Trinajstić information content (AvgIpc) is 2.35. The van der Waals surface area contributed by atoms with Gasteiger partial charge in [0, 0.05) is 29.4 Å². The Morgan fingerprint density at radius 1 is 1.50 bits per heavy atom. The van der Waals surface area contributed by atoms with Crippen molar-refractivity contribution in [3.05, 3.63) is 34.9 Å². The van der Waals surface area contributed by atoms with Crippen molar-refractivity contribution in [2.24, 2.45) is 11.7 Å². The van der Waals surface area contributed by atoms with Gasteiger partial charge in [-0.25, -0.2) is 0 Å². The lowest BCUT2D eigenvalue weighted by atomic mass is 9.84. The van der Waals surface area contributed by atoms with Gasteiger partial charge in [0.2, 0.25) is 5.91 Å². The molecule has 3 nitrogen and oxygen atoms in total. The van der Waals surface area contributed by atoms with Crippen molar-refractivity contribution in [1.29, 1.82) is 0 Å². The molecular formula is C14H21ClN2O. The number of rotatable bonds is 5. The van der Waals surface area contributed by atoms with Gasteiger partial charge in [-0.1, -0.05) is 44.5 Å². The Labute approximate surface area is 114 Å². The van der Waals surface area contributed by atoms with E-state index in [0.29, 0.717) is 18.1 Å². The van der Waals surface area contributed by atoms with E-state index in [1.165, 1.54) is 0 Å². The number of halogens is 1. The van der Waals surface area contributed by atoms with Crippen LogP contribution >= 0.6 is 11.6 Å². The fourth-order valence-electron chi connectivity index (χ4n) is 1.60. The van der Waals surface area contributed by atoms with E-state index in [0.717, 1.165) is 5.56 Å². The Kier molecular flexibility index (Phi) is 5.17. The molecule has 1 atom stereocenters. The van der Waals surface area contributed by atoms with Crippen molar-refractivity contribution in [2.45, 2.75) is 26.2 Å². The number of nitrogens with two attached hydrogens (primary N) is 1. The van der Waals surface area contributed by atoms with Crippen molar-refractivity contribution >= 4 is 17.5 Å². The molecule has 100 valence electrons. The summed E-state index contributed by atoms with van der Waals surface area (Å²) in [4.78, 5) is 11.7. The number of carbonyl (C=O) groups excluding carboxylic acids is 1. The van der Waals surface area contributed by atoms with Crippen LogP contribution < -0.4 is 11.1 Å². The highest BCUT2D eigenvalue weighted by atomic mass is 35.5. The quantitative estimate of drug-likeness (QED) is 0.861. The fourth-order valence-corrected chi connectivity index (χ4v) is 1.79. The van der Waals surface area contributed by atoms with Crippen LogP contribution in [-0.4, -0.2) is 19.0 Å². The summed E-state index contributed by atoms with van der Waals surface area (Å²) in [6, 6.07) is 7.71. The minimum absolute atomic E-state index is 0.00685. The third-order valence-corrected chi connectivity index (χ3v) is 3.35. The first-order chi connectivity index (χ1) is 8.36. The van der Waals surface area contributed by atoms with Crippen LogP contribution in [0.1, 0.15) is 26.3 Å². The Balaban J connectivity index is 2.68. The lowest BCUT2D eigenvalue weighted by Crippen LogP contribution is -2.40. The number of carbonyl (C=O) groups is 1. The minimum atomic E-state index is -0.158. The third-order valence-electron chi connectivity index (χ3n) is 3.11. The van der Waals surface area contributed by atoms with Crippen LogP contribution in [0, 0.1) is 5.92 Å². The fraction of sp³-hybridized carbons (Fsp3) is 0.500. The predicted octanol–water partition coefficient (Wildman–Crippen LogP) is 2.33. The zero-order chi connectivity index (χ0) is 13.8. The molecule has 0 aliphatic rings. The van der Waals surface area contributed by atoms with E-state index >= 15 is 0 Å². The monoisotopic (exact) mass is 268 g/mol. The van der Waals surface area contributed by atoms with Crippen LogP contribution in [0.15, 0.2) is 24.3 Å². The molecule has 0 aliphatic heterocycles. The SMILES string of the molecule is CC(CN)C(=O)NCC(C)(C)c1cccc(Cl)c1. The second-order valence-electron chi connectivity index (χ2n) is 5.25. The molecule has 0 aliphatic carbocycles. The summed E-state index contributed by atoms with van der Waals surface area (Å²) >= 11 is 5.98. The first-order valence-electron chi connectivity index (χ1n) is 6.10. The highest BCUT2D eigenvalue weighted by molar-refractivity contribution is 6.30. The Morgan fingerprint density at radius 2 is 2.17 bits per heavy atom. The highest BCUT2D eigenvalue weighted by Crippen LogP contribution is 2.24. The van der Waals surface area contributed by atoms with Crippen molar-refractivity contribution in [2.75, 3.05) is 13.1 Å². The Morgan fingerprint density at radius 3 is 2.72 bits per heavy atom. The second-order valence-corrected chi connectivity index (χ2v) is 5.69. The molecule has 1 aromatic carbocycles. The Hall–Kier alpha value is -1.06. The van der Waals surface area contributed by atoms with Crippen molar-refractivity contribution in [3.8, 4) is 0 Å². The number of nitrogens with one attached hydrogen (secondary N) is 1. The van der Waals surface area contributed by atoms with E-state index in [-0.39, 0.29) is 17.2 Å². The van der Waals surface area contributed by atoms with Gasteiger partial charge in [-0.15, -0.1) is 0 Å². The molecular weight excluding hydrogens is 248 g/mol. The lowest BCUT2D eigenvalue weighted by Gasteiger charge is -2.26. The second kappa shape index (κ2) is 6.21. The minimum Gasteiger partial charge on any atom is -0.355 e. The molecule has 0 spiro atoms. The van der Waals surface area contributed by atoms with Gasteiger partial charge in [0.25, 0.3) is 0 Å². The maximum Gasteiger partial charge on any atom is 0.224 e. The summed E-state index contributed by atoms with van der Waals surface area (Å²) in [6.45, 7) is 6.90. The van der Waals surface area contributed by atoms with Gasteiger partial charge in [0.15, 0.2) is 0 Å². The first kappa shape index (κ1) is 15.0. The normalized spacial score (nSPS) is 13.2. The number of benzene rings is 1. The largest absolute Gasteiger partial charge is 0.355 e. The molecule has 3 N–H and O–H groups in total. The summed E-state index contributed by atoms with van der Waals surface area (Å²) in [5.41, 5.74) is 6.41. The van der Waals surface area contributed by atoms with Gasteiger partial charge in [-0.3, -0.25) is 4.79 Å². The van der Waals surface area contributed by atoms with Crippen molar-refractivity contribution in [3.63, 3.8) is 0 Å². The van der Waals surface area contributed by atoms with Gasteiger partial charge in [0.05, 0.1) is 0 Å². The zero-order valence-corrected chi connectivity index (χ0v) is 11.9. The molecule has 1 aromatic rings. The van der Waals surface area contributed by atoms with Crippen molar-refractivity contribution in [1.82, 2.24) is 5.32 Å². The van der Waals surface area contributed by atoms with E-state index in [9.17, 15) is 4.79 Å².